The summed E-state index contributed by atoms with van der Waals surface area (Å²) >= 11 is 0. The molecule has 1 aromatic heterocycles. The average Bonchev–Trinajstić information content (AvgIpc) is 3.03. The molecular formula is C16H25N3O3. The summed E-state index contributed by atoms with van der Waals surface area (Å²) in [6, 6.07) is 1.86. The summed E-state index contributed by atoms with van der Waals surface area (Å²) in [5, 5.41) is 6.80. The largest absolute Gasteiger partial charge is 0.359 e. The van der Waals surface area contributed by atoms with Gasteiger partial charge >= 0.3 is 0 Å². The molecule has 1 aliphatic rings. The van der Waals surface area contributed by atoms with E-state index in [9.17, 15) is 9.59 Å². The molecule has 0 spiro atoms. The molecule has 2 amide bonds. The Kier molecular flexibility index (Phi) is 5.21. The Bertz CT molecular complexity index is 536. The van der Waals surface area contributed by atoms with Gasteiger partial charge in [-0.05, 0) is 11.8 Å². The van der Waals surface area contributed by atoms with E-state index in [0.29, 0.717) is 43.7 Å². The van der Waals surface area contributed by atoms with Gasteiger partial charge in [-0.2, -0.15) is 0 Å². The van der Waals surface area contributed by atoms with Crippen LogP contribution in [0.4, 0.5) is 0 Å². The maximum Gasteiger partial charge on any atom is 0.225 e. The van der Waals surface area contributed by atoms with Crippen molar-refractivity contribution in [3.8, 4) is 0 Å². The Balaban J connectivity index is 1.83. The Hall–Kier alpha value is -1.85. The average molecular weight is 307 g/mol. The standard InChI is InChI=1S/C16H25N3O3/c1-10(2)8-19-9-12(5-15(19)20)16(21)17-7-13-6-14(11(3)4)18-22-13/h6,10-12H,5,7-9H2,1-4H3,(H,17,21)/t12-/m0/s1. The third-order valence-corrected chi connectivity index (χ3v) is 3.78. The summed E-state index contributed by atoms with van der Waals surface area (Å²) in [5.74, 6) is 1.05. The van der Waals surface area contributed by atoms with Gasteiger partial charge in [-0.1, -0.05) is 32.9 Å². The molecule has 2 heterocycles. The van der Waals surface area contributed by atoms with Gasteiger partial charge in [-0.3, -0.25) is 9.59 Å². The van der Waals surface area contributed by atoms with Gasteiger partial charge in [-0.15, -0.1) is 0 Å². The summed E-state index contributed by atoms with van der Waals surface area (Å²) in [5.41, 5.74) is 0.878. The minimum absolute atomic E-state index is 0.0654. The van der Waals surface area contributed by atoms with Crippen LogP contribution in [0.25, 0.3) is 0 Å². The molecule has 6 nitrogen and oxygen atoms in total. The zero-order chi connectivity index (χ0) is 16.3. The molecule has 1 fully saturated rings. The first-order valence-electron chi connectivity index (χ1n) is 7.87. The molecule has 0 unspecified atom stereocenters. The third kappa shape index (κ3) is 4.08. The highest BCUT2D eigenvalue weighted by Crippen LogP contribution is 2.19. The minimum atomic E-state index is -0.265. The predicted molar refractivity (Wildman–Crippen MR) is 82.0 cm³/mol. The van der Waals surface area contributed by atoms with Crippen molar-refractivity contribution in [1.82, 2.24) is 15.4 Å². The first-order valence-corrected chi connectivity index (χ1v) is 7.87. The highest BCUT2D eigenvalue weighted by Gasteiger charge is 2.34. The second-order valence-corrected chi connectivity index (χ2v) is 6.68. The van der Waals surface area contributed by atoms with E-state index in [2.05, 4.69) is 24.3 Å². The topological polar surface area (TPSA) is 75.4 Å². The van der Waals surface area contributed by atoms with E-state index >= 15 is 0 Å². The van der Waals surface area contributed by atoms with Crippen LogP contribution in [0, 0.1) is 11.8 Å². The van der Waals surface area contributed by atoms with E-state index in [0.717, 1.165) is 5.69 Å². The maximum absolute atomic E-state index is 12.2. The van der Waals surface area contributed by atoms with Crippen LogP contribution in [0.2, 0.25) is 0 Å². The molecule has 0 aromatic carbocycles. The van der Waals surface area contributed by atoms with E-state index in [1.807, 2.05) is 19.9 Å². The Labute approximate surface area is 131 Å². The molecule has 1 atom stereocenters. The molecule has 0 bridgehead atoms. The number of nitrogens with one attached hydrogen (secondary N) is 1. The molecule has 1 saturated heterocycles. The lowest BCUT2D eigenvalue weighted by atomic mass is 10.1. The second kappa shape index (κ2) is 6.94. The van der Waals surface area contributed by atoms with Gasteiger partial charge < -0.3 is 14.7 Å². The van der Waals surface area contributed by atoms with Crippen molar-refractivity contribution in [2.75, 3.05) is 13.1 Å². The van der Waals surface area contributed by atoms with E-state index in [-0.39, 0.29) is 17.7 Å². The van der Waals surface area contributed by atoms with E-state index < -0.39 is 0 Å². The van der Waals surface area contributed by atoms with Crippen LogP contribution >= 0.6 is 0 Å². The van der Waals surface area contributed by atoms with Crippen molar-refractivity contribution < 1.29 is 14.1 Å². The lowest BCUT2D eigenvalue weighted by Gasteiger charge is -2.18. The molecule has 0 aliphatic carbocycles. The monoisotopic (exact) mass is 307 g/mol. The molecule has 1 aromatic rings. The van der Waals surface area contributed by atoms with Crippen LogP contribution in [0.1, 0.15) is 51.5 Å². The summed E-state index contributed by atoms with van der Waals surface area (Å²) in [7, 11) is 0. The summed E-state index contributed by atoms with van der Waals surface area (Å²) < 4.78 is 5.19. The zero-order valence-corrected chi connectivity index (χ0v) is 13.8. The van der Waals surface area contributed by atoms with Crippen molar-refractivity contribution in [2.24, 2.45) is 11.8 Å². The fourth-order valence-corrected chi connectivity index (χ4v) is 2.57. The van der Waals surface area contributed by atoms with Crippen molar-refractivity contribution in [3.63, 3.8) is 0 Å². The first-order chi connectivity index (χ1) is 10.4. The van der Waals surface area contributed by atoms with Gasteiger partial charge in [0.25, 0.3) is 0 Å². The number of aromatic nitrogens is 1. The predicted octanol–water partition coefficient (Wildman–Crippen LogP) is 1.92. The van der Waals surface area contributed by atoms with Crippen LogP contribution in [-0.4, -0.2) is 35.0 Å². The third-order valence-electron chi connectivity index (χ3n) is 3.78. The van der Waals surface area contributed by atoms with Crippen LogP contribution in [0.15, 0.2) is 10.6 Å². The Morgan fingerprint density at radius 1 is 1.45 bits per heavy atom. The van der Waals surface area contributed by atoms with Crippen LogP contribution in [0.3, 0.4) is 0 Å². The quantitative estimate of drug-likeness (QED) is 0.871. The Morgan fingerprint density at radius 2 is 2.18 bits per heavy atom. The number of carbonyl (C=O) groups excluding carboxylic acids is 2. The normalized spacial score (nSPS) is 18.5. The van der Waals surface area contributed by atoms with E-state index in [1.54, 1.807) is 4.90 Å². The smallest absolute Gasteiger partial charge is 0.225 e. The first kappa shape index (κ1) is 16.5. The number of nitrogens with zero attached hydrogens (tertiary/aromatic N) is 2. The summed E-state index contributed by atoms with van der Waals surface area (Å²) in [6.45, 7) is 9.74. The fraction of sp³-hybridized carbons (Fsp3) is 0.688. The fourth-order valence-electron chi connectivity index (χ4n) is 2.57. The second-order valence-electron chi connectivity index (χ2n) is 6.68. The van der Waals surface area contributed by atoms with Gasteiger partial charge in [0.05, 0.1) is 18.2 Å². The molecule has 0 radical (unpaired) electrons. The van der Waals surface area contributed by atoms with Gasteiger partial charge in [0.1, 0.15) is 0 Å². The van der Waals surface area contributed by atoms with Crippen LogP contribution in [0.5, 0.6) is 0 Å². The molecule has 2 rings (SSSR count). The molecule has 6 heteroatoms. The number of hydrogen-bond acceptors (Lipinski definition) is 4. The molecule has 1 N–H and O–H groups in total. The van der Waals surface area contributed by atoms with Crippen molar-refractivity contribution in [3.05, 3.63) is 17.5 Å². The van der Waals surface area contributed by atoms with Crippen LogP contribution in [-0.2, 0) is 16.1 Å². The Morgan fingerprint density at radius 3 is 2.77 bits per heavy atom. The SMILES string of the molecule is CC(C)CN1C[C@@H](C(=O)NCc2cc(C(C)C)no2)CC1=O. The summed E-state index contributed by atoms with van der Waals surface area (Å²) in [6.07, 6.45) is 0.298. The molecule has 22 heavy (non-hydrogen) atoms. The molecule has 1 aliphatic heterocycles. The summed E-state index contributed by atoms with van der Waals surface area (Å²) in [4.78, 5) is 25.9. The molecular weight excluding hydrogens is 282 g/mol. The van der Waals surface area contributed by atoms with E-state index in [1.165, 1.54) is 0 Å². The van der Waals surface area contributed by atoms with Crippen molar-refractivity contribution in [2.45, 2.75) is 46.6 Å². The van der Waals surface area contributed by atoms with Gasteiger partial charge in [0.15, 0.2) is 5.76 Å². The van der Waals surface area contributed by atoms with Gasteiger partial charge in [-0.25, -0.2) is 0 Å². The number of carbonyl (C=O) groups is 2. The highest BCUT2D eigenvalue weighted by atomic mass is 16.5. The number of hydrogen-bond donors (Lipinski definition) is 1. The van der Waals surface area contributed by atoms with Crippen molar-refractivity contribution >= 4 is 11.8 Å². The van der Waals surface area contributed by atoms with Gasteiger partial charge in [0.2, 0.25) is 11.8 Å². The zero-order valence-electron chi connectivity index (χ0n) is 13.8. The lowest BCUT2D eigenvalue weighted by molar-refractivity contribution is -0.129. The van der Waals surface area contributed by atoms with Gasteiger partial charge in [0, 0.05) is 25.6 Å². The van der Waals surface area contributed by atoms with Crippen LogP contribution < -0.4 is 5.32 Å². The lowest BCUT2D eigenvalue weighted by Crippen LogP contribution is -2.33. The number of amides is 2. The van der Waals surface area contributed by atoms with Crippen molar-refractivity contribution in [1.29, 1.82) is 0 Å². The molecule has 122 valence electrons. The van der Waals surface area contributed by atoms with E-state index in [4.69, 9.17) is 4.52 Å². The minimum Gasteiger partial charge on any atom is -0.359 e. The number of likely N-dealkylation sites (tertiary alicyclic amines) is 1. The highest BCUT2D eigenvalue weighted by molar-refractivity contribution is 5.89. The molecule has 0 saturated carbocycles. The maximum atomic E-state index is 12.2. The number of rotatable bonds is 6.